The van der Waals surface area contributed by atoms with Crippen LogP contribution in [0, 0.1) is 27.7 Å². The summed E-state index contributed by atoms with van der Waals surface area (Å²) >= 11 is 0. The molecule has 0 bridgehead atoms. The molecule has 0 aromatic heterocycles. The molecule has 0 atom stereocenters. The molecule has 2 N–H and O–H groups in total. The van der Waals surface area contributed by atoms with E-state index < -0.39 is 7.82 Å². The number of phosphoric ester groups is 1. The summed E-state index contributed by atoms with van der Waals surface area (Å²) in [5, 5.41) is 0. The summed E-state index contributed by atoms with van der Waals surface area (Å²) in [5.74, 6) is 0.181. The second-order valence-corrected chi connectivity index (χ2v) is 7.96. The zero-order chi connectivity index (χ0) is 19.8. The van der Waals surface area contributed by atoms with E-state index >= 15 is 0 Å². The maximum atomic E-state index is 11.6. The van der Waals surface area contributed by atoms with Gasteiger partial charge in [0.25, 0.3) is 0 Å². The summed E-state index contributed by atoms with van der Waals surface area (Å²) in [7, 11) is -4.70. The summed E-state index contributed by atoms with van der Waals surface area (Å²) in [6.07, 6.45) is 0. The van der Waals surface area contributed by atoms with Gasteiger partial charge >= 0.3 is 7.82 Å². The fraction of sp³-hybridized carbons (Fsp3) is 0.182. The SMILES string of the molecule is Cc1cccc(C)c1-c1cccc(OP(=O)(O)O)c1-c1c(C)cccc1C. The largest absolute Gasteiger partial charge is 0.524 e. The monoisotopic (exact) mass is 382 g/mol. The van der Waals surface area contributed by atoms with E-state index in [1.54, 1.807) is 12.1 Å². The lowest BCUT2D eigenvalue weighted by molar-refractivity contribution is 0.283. The quantitative estimate of drug-likeness (QED) is 0.566. The van der Waals surface area contributed by atoms with Crippen molar-refractivity contribution in [2.75, 3.05) is 0 Å². The fourth-order valence-corrected chi connectivity index (χ4v) is 4.06. The van der Waals surface area contributed by atoms with E-state index in [4.69, 9.17) is 4.52 Å². The normalized spacial score (nSPS) is 11.5. The number of phosphoric acid groups is 1. The first-order valence-electron chi connectivity index (χ1n) is 8.70. The molecular weight excluding hydrogens is 359 g/mol. The molecule has 0 radical (unpaired) electrons. The smallest absolute Gasteiger partial charge is 0.404 e. The topological polar surface area (TPSA) is 66.8 Å². The summed E-state index contributed by atoms with van der Waals surface area (Å²) in [6.45, 7) is 8.05. The molecule has 140 valence electrons. The molecule has 3 aromatic carbocycles. The van der Waals surface area contributed by atoms with E-state index in [9.17, 15) is 14.4 Å². The van der Waals surface area contributed by atoms with Crippen LogP contribution in [0.15, 0.2) is 54.6 Å². The number of rotatable bonds is 4. The van der Waals surface area contributed by atoms with E-state index in [2.05, 4.69) is 0 Å². The van der Waals surface area contributed by atoms with Crippen molar-refractivity contribution < 1.29 is 18.9 Å². The van der Waals surface area contributed by atoms with E-state index in [0.717, 1.165) is 38.9 Å². The average molecular weight is 382 g/mol. The van der Waals surface area contributed by atoms with Crippen LogP contribution in [0.1, 0.15) is 22.3 Å². The molecule has 0 aliphatic carbocycles. The lowest BCUT2D eigenvalue weighted by Gasteiger charge is -2.21. The molecule has 0 saturated carbocycles. The van der Waals surface area contributed by atoms with Crippen molar-refractivity contribution >= 4 is 7.82 Å². The Bertz CT molecular complexity index is 1010. The van der Waals surface area contributed by atoms with Gasteiger partial charge in [0, 0.05) is 5.56 Å². The van der Waals surface area contributed by atoms with Crippen molar-refractivity contribution in [3.8, 4) is 28.0 Å². The predicted molar refractivity (Wildman–Crippen MR) is 109 cm³/mol. The van der Waals surface area contributed by atoms with Crippen LogP contribution in [-0.4, -0.2) is 9.79 Å². The van der Waals surface area contributed by atoms with Crippen LogP contribution < -0.4 is 4.52 Å². The zero-order valence-corrected chi connectivity index (χ0v) is 16.7. The summed E-state index contributed by atoms with van der Waals surface area (Å²) < 4.78 is 16.7. The highest BCUT2D eigenvalue weighted by Crippen LogP contribution is 2.48. The minimum atomic E-state index is -4.70. The van der Waals surface area contributed by atoms with E-state index in [-0.39, 0.29) is 5.75 Å². The maximum absolute atomic E-state index is 11.6. The average Bonchev–Trinajstić information content (AvgIpc) is 2.55. The Kier molecular flexibility index (Phi) is 5.25. The molecule has 4 nitrogen and oxygen atoms in total. The second kappa shape index (κ2) is 7.32. The van der Waals surface area contributed by atoms with Gasteiger partial charge in [-0.2, -0.15) is 0 Å². The predicted octanol–water partition coefficient (Wildman–Crippen LogP) is 5.73. The van der Waals surface area contributed by atoms with Gasteiger partial charge in [-0.25, -0.2) is 4.57 Å². The molecule has 0 aliphatic heterocycles. The number of hydrogen-bond acceptors (Lipinski definition) is 2. The van der Waals surface area contributed by atoms with Gasteiger partial charge in [-0.3, -0.25) is 9.79 Å². The molecular formula is C22H23O4P. The van der Waals surface area contributed by atoms with Gasteiger partial charge in [0.15, 0.2) is 0 Å². The highest BCUT2D eigenvalue weighted by atomic mass is 31.2. The van der Waals surface area contributed by atoms with Crippen LogP contribution in [0.4, 0.5) is 0 Å². The molecule has 3 aromatic rings. The molecule has 0 unspecified atom stereocenters. The van der Waals surface area contributed by atoms with Gasteiger partial charge in [-0.15, -0.1) is 0 Å². The molecule has 0 aliphatic rings. The van der Waals surface area contributed by atoms with Gasteiger partial charge in [-0.05, 0) is 72.7 Å². The lowest BCUT2D eigenvalue weighted by atomic mass is 9.86. The number of hydrogen-bond donors (Lipinski definition) is 2. The Balaban J connectivity index is 2.43. The maximum Gasteiger partial charge on any atom is 0.524 e. The summed E-state index contributed by atoms with van der Waals surface area (Å²) in [4.78, 5) is 18.9. The van der Waals surface area contributed by atoms with Crippen molar-refractivity contribution in [2.45, 2.75) is 27.7 Å². The highest BCUT2D eigenvalue weighted by molar-refractivity contribution is 7.46. The molecule has 3 rings (SSSR count). The van der Waals surface area contributed by atoms with Crippen LogP contribution in [0.5, 0.6) is 5.75 Å². The Morgan fingerprint density at radius 2 is 1.11 bits per heavy atom. The third kappa shape index (κ3) is 3.98. The fourth-order valence-electron chi connectivity index (χ4n) is 3.65. The third-order valence-corrected chi connectivity index (χ3v) is 5.16. The van der Waals surface area contributed by atoms with Gasteiger partial charge < -0.3 is 4.52 Å². The summed E-state index contributed by atoms with van der Waals surface area (Å²) in [5.41, 5.74) is 7.80. The van der Waals surface area contributed by atoms with Crippen LogP contribution in [0.25, 0.3) is 22.3 Å². The highest BCUT2D eigenvalue weighted by Gasteiger charge is 2.24. The van der Waals surface area contributed by atoms with Crippen molar-refractivity contribution in [3.05, 3.63) is 76.9 Å². The van der Waals surface area contributed by atoms with Gasteiger partial charge in [0.1, 0.15) is 5.75 Å². The first kappa shape index (κ1) is 19.4. The molecule has 5 heteroatoms. The summed E-state index contributed by atoms with van der Waals surface area (Å²) in [6, 6.07) is 17.4. The van der Waals surface area contributed by atoms with Crippen molar-refractivity contribution in [1.82, 2.24) is 0 Å². The Hall–Kier alpha value is -2.39. The van der Waals surface area contributed by atoms with Crippen LogP contribution >= 0.6 is 7.82 Å². The van der Waals surface area contributed by atoms with Crippen molar-refractivity contribution in [3.63, 3.8) is 0 Å². The Morgan fingerprint density at radius 1 is 0.667 bits per heavy atom. The first-order chi connectivity index (χ1) is 12.7. The molecule has 27 heavy (non-hydrogen) atoms. The minimum absolute atomic E-state index is 0.181. The third-order valence-electron chi connectivity index (χ3n) is 4.73. The van der Waals surface area contributed by atoms with Gasteiger partial charge in [-0.1, -0.05) is 48.5 Å². The van der Waals surface area contributed by atoms with Crippen LogP contribution in [0.3, 0.4) is 0 Å². The van der Waals surface area contributed by atoms with Gasteiger partial charge in [0.2, 0.25) is 0 Å². The zero-order valence-electron chi connectivity index (χ0n) is 15.9. The second-order valence-electron chi connectivity index (χ2n) is 6.79. The molecule has 0 fully saturated rings. The van der Waals surface area contributed by atoms with Crippen LogP contribution in [-0.2, 0) is 4.57 Å². The first-order valence-corrected chi connectivity index (χ1v) is 10.2. The van der Waals surface area contributed by atoms with Crippen molar-refractivity contribution in [1.29, 1.82) is 0 Å². The molecule has 0 amide bonds. The minimum Gasteiger partial charge on any atom is -0.404 e. The lowest BCUT2D eigenvalue weighted by Crippen LogP contribution is -1.99. The Labute approximate surface area is 159 Å². The molecule has 0 heterocycles. The van der Waals surface area contributed by atoms with Gasteiger partial charge in [0.05, 0.1) is 0 Å². The van der Waals surface area contributed by atoms with E-state index in [1.807, 2.05) is 70.2 Å². The Morgan fingerprint density at radius 3 is 1.59 bits per heavy atom. The molecule has 0 saturated heterocycles. The van der Waals surface area contributed by atoms with Crippen molar-refractivity contribution in [2.24, 2.45) is 0 Å². The number of benzene rings is 3. The van der Waals surface area contributed by atoms with E-state index in [0.29, 0.717) is 5.56 Å². The van der Waals surface area contributed by atoms with E-state index in [1.165, 1.54) is 0 Å². The standard InChI is InChI=1S/C22H23O4P/c1-14-8-5-9-15(2)20(14)18-12-7-13-19(26-27(23,24)25)22(18)21-16(3)10-6-11-17(21)4/h5-13H,1-4H3,(H2,23,24,25). The van der Waals surface area contributed by atoms with Crippen LogP contribution in [0.2, 0.25) is 0 Å². The number of aryl methyl sites for hydroxylation is 4. The molecule has 0 spiro atoms.